The summed E-state index contributed by atoms with van der Waals surface area (Å²) < 4.78 is 84.1. The molecule has 0 radical (unpaired) electrons. The van der Waals surface area contributed by atoms with E-state index in [4.69, 9.17) is 4.74 Å². The van der Waals surface area contributed by atoms with Gasteiger partial charge in [-0.05, 0) is 70.3 Å². The van der Waals surface area contributed by atoms with Crippen LogP contribution in [-0.2, 0) is 17.1 Å². The third-order valence-electron chi connectivity index (χ3n) is 5.89. The van der Waals surface area contributed by atoms with Crippen molar-refractivity contribution in [3.05, 3.63) is 34.9 Å². The Balaban J connectivity index is 2.17. The van der Waals surface area contributed by atoms with Gasteiger partial charge in [0.25, 0.3) is 0 Å². The number of hydrogen-bond donors (Lipinski definition) is 1. The first-order valence-corrected chi connectivity index (χ1v) is 9.44. The number of likely N-dealkylation sites (N-methyl/N-ethyl adjacent to an activating group) is 1. The molecule has 0 aromatic heterocycles. The number of nitrogens with zero attached hydrogens (tertiary/aromatic N) is 1. The second kappa shape index (κ2) is 8.43. The quantitative estimate of drug-likeness (QED) is 0.649. The van der Waals surface area contributed by atoms with E-state index >= 15 is 0 Å². The normalized spacial score (nSPS) is 26.4. The molecule has 1 aromatic carbocycles. The molecule has 2 rings (SSSR count). The van der Waals surface area contributed by atoms with E-state index in [2.05, 4.69) is 0 Å². The summed E-state index contributed by atoms with van der Waals surface area (Å²) in [4.78, 5) is 2.02. The number of aliphatic hydroxyl groups excluding tert-OH is 1. The van der Waals surface area contributed by atoms with E-state index in [1.54, 1.807) is 6.92 Å². The fourth-order valence-electron chi connectivity index (χ4n) is 3.54. The third kappa shape index (κ3) is 5.86. The maximum absolute atomic E-state index is 13.1. The molecule has 1 aromatic rings. The van der Waals surface area contributed by atoms with E-state index in [0.717, 1.165) is 6.42 Å². The molecule has 1 aliphatic rings. The average molecular weight is 427 g/mol. The zero-order chi connectivity index (χ0) is 22.2. The molecule has 4 atom stereocenters. The molecule has 1 saturated heterocycles. The van der Waals surface area contributed by atoms with Crippen LogP contribution in [0, 0.1) is 5.92 Å². The number of hydrogen-bond acceptors (Lipinski definition) is 3. The highest BCUT2D eigenvalue weighted by Crippen LogP contribution is 2.38. The van der Waals surface area contributed by atoms with E-state index < -0.39 is 41.2 Å². The summed E-state index contributed by atoms with van der Waals surface area (Å²) >= 11 is 0. The van der Waals surface area contributed by atoms with Crippen molar-refractivity contribution < 1.29 is 36.2 Å². The second-order valence-electron chi connectivity index (χ2n) is 8.21. The van der Waals surface area contributed by atoms with Gasteiger partial charge in [-0.3, -0.25) is 4.90 Å². The molecule has 2 unspecified atom stereocenters. The lowest BCUT2D eigenvalue weighted by molar-refractivity contribution is -0.143. The molecule has 1 heterocycles. The van der Waals surface area contributed by atoms with Gasteiger partial charge in [0.05, 0.1) is 29.9 Å². The van der Waals surface area contributed by atoms with E-state index in [1.165, 1.54) is 6.92 Å². The molecule has 1 aliphatic heterocycles. The Hall–Kier alpha value is -1.32. The van der Waals surface area contributed by atoms with E-state index in [-0.39, 0.29) is 24.2 Å². The van der Waals surface area contributed by atoms with Crippen LogP contribution in [0.4, 0.5) is 26.3 Å². The van der Waals surface area contributed by atoms with Crippen LogP contribution in [0.3, 0.4) is 0 Å². The first kappa shape index (κ1) is 24.0. The minimum Gasteiger partial charge on any atom is -0.393 e. The number of halogens is 6. The predicted molar refractivity (Wildman–Crippen MR) is 96.3 cm³/mol. The summed E-state index contributed by atoms with van der Waals surface area (Å²) in [6.45, 7) is 5.89. The van der Waals surface area contributed by atoms with Gasteiger partial charge in [-0.2, -0.15) is 26.3 Å². The van der Waals surface area contributed by atoms with Crippen LogP contribution in [0.1, 0.15) is 56.4 Å². The smallest absolute Gasteiger partial charge is 0.393 e. The van der Waals surface area contributed by atoms with Crippen LogP contribution in [0.5, 0.6) is 0 Å². The first-order chi connectivity index (χ1) is 13.1. The van der Waals surface area contributed by atoms with Crippen molar-refractivity contribution in [3.8, 4) is 0 Å². The molecule has 3 nitrogen and oxygen atoms in total. The summed E-state index contributed by atoms with van der Waals surface area (Å²) in [5, 5.41) is 9.77. The van der Waals surface area contributed by atoms with Crippen LogP contribution in [-0.4, -0.2) is 41.8 Å². The maximum Gasteiger partial charge on any atom is 0.416 e. The molecule has 0 aliphatic carbocycles. The van der Waals surface area contributed by atoms with E-state index in [0.29, 0.717) is 25.1 Å². The van der Waals surface area contributed by atoms with Gasteiger partial charge in [-0.1, -0.05) is 0 Å². The van der Waals surface area contributed by atoms with Crippen molar-refractivity contribution in [2.24, 2.45) is 5.92 Å². The maximum atomic E-state index is 13.1. The number of piperidine rings is 1. The first-order valence-electron chi connectivity index (χ1n) is 9.44. The van der Waals surface area contributed by atoms with Crippen LogP contribution in [0.15, 0.2) is 18.2 Å². The van der Waals surface area contributed by atoms with Crippen LogP contribution in [0.25, 0.3) is 0 Å². The van der Waals surface area contributed by atoms with Crippen molar-refractivity contribution >= 4 is 0 Å². The Morgan fingerprint density at radius 1 is 1.10 bits per heavy atom. The molecule has 9 heteroatoms. The van der Waals surface area contributed by atoms with E-state index in [1.807, 2.05) is 18.9 Å². The topological polar surface area (TPSA) is 32.7 Å². The fraction of sp³-hybridized carbons (Fsp3) is 0.700. The number of likely N-dealkylation sites (tertiary alicyclic amines) is 1. The van der Waals surface area contributed by atoms with Gasteiger partial charge in [0.1, 0.15) is 0 Å². The lowest BCUT2D eigenvalue weighted by atomic mass is 9.82. The minimum absolute atomic E-state index is 0.114. The Morgan fingerprint density at radius 2 is 1.62 bits per heavy atom. The molecule has 1 fully saturated rings. The fourth-order valence-corrected chi connectivity index (χ4v) is 3.54. The SMILES string of the molecule is CC(O)C1CC[C@](C)(CO[C@H](C)c2cc(C(F)(F)F)cc(C(F)(F)F)c2)N(C)C1. The minimum atomic E-state index is -4.89. The number of ether oxygens (including phenoxy) is 1. The monoisotopic (exact) mass is 427 g/mol. The van der Waals surface area contributed by atoms with Crippen molar-refractivity contribution in [3.63, 3.8) is 0 Å². The Bertz CT molecular complexity index is 671. The Labute approximate surface area is 166 Å². The molecule has 0 spiro atoms. The largest absolute Gasteiger partial charge is 0.416 e. The number of benzene rings is 1. The lowest BCUT2D eigenvalue weighted by Crippen LogP contribution is -2.54. The van der Waals surface area contributed by atoms with E-state index in [9.17, 15) is 31.4 Å². The molecular weight excluding hydrogens is 400 g/mol. The van der Waals surface area contributed by atoms with Gasteiger partial charge in [0.15, 0.2) is 0 Å². The number of rotatable bonds is 5. The molecule has 29 heavy (non-hydrogen) atoms. The van der Waals surface area contributed by atoms with Crippen LogP contribution >= 0.6 is 0 Å². The summed E-state index contributed by atoms with van der Waals surface area (Å²) in [6, 6.07) is 1.52. The lowest BCUT2D eigenvalue weighted by Gasteiger charge is -2.46. The highest BCUT2D eigenvalue weighted by atomic mass is 19.4. The average Bonchev–Trinajstić information content (AvgIpc) is 2.60. The van der Waals surface area contributed by atoms with Crippen molar-refractivity contribution in [1.82, 2.24) is 4.90 Å². The van der Waals surface area contributed by atoms with Crippen molar-refractivity contribution in [2.75, 3.05) is 20.2 Å². The van der Waals surface area contributed by atoms with Gasteiger partial charge >= 0.3 is 12.4 Å². The second-order valence-corrected chi connectivity index (χ2v) is 8.21. The molecule has 166 valence electrons. The highest BCUT2D eigenvalue weighted by Gasteiger charge is 2.39. The summed E-state index contributed by atoms with van der Waals surface area (Å²) in [6.07, 6.45) is -9.71. The third-order valence-corrected chi connectivity index (χ3v) is 5.89. The number of aliphatic hydroxyl groups is 1. The Kier molecular flexibility index (Phi) is 6.96. The van der Waals surface area contributed by atoms with Gasteiger partial charge in [0.2, 0.25) is 0 Å². The molecule has 0 amide bonds. The molecule has 0 bridgehead atoms. The summed E-state index contributed by atoms with van der Waals surface area (Å²) in [5.74, 6) is 0.114. The van der Waals surface area contributed by atoms with Gasteiger partial charge in [-0.25, -0.2) is 0 Å². The summed E-state index contributed by atoms with van der Waals surface area (Å²) in [5.41, 5.74) is -3.29. The van der Waals surface area contributed by atoms with Gasteiger partial charge in [-0.15, -0.1) is 0 Å². The van der Waals surface area contributed by atoms with Gasteiger partial charge < -0.3 is 9.84 Å². The summed E-state index contributed by atoms with van der Waals surface area (Å²) in [7, 11) is 1.87. The van der Waals surface area contributed by atoms with Crippen molar-refractivity contribution in [2.45, 2.75) is 63.7 Å². The van der Waals surface area contributed by atoms with Gasteiger partial charge in [0, 0.05) is 12.1 Å². The molecule has 0 saturated carbocycles. The Morgan fingerprint density at radius 3 is 2.03 bits per heavy atom. The molecule has 1 N–H and O–H groups in total. The zero-order valence-corrected chi connectivity index (χ0v) is 16.9. The standard InChI is InChI=1S/C20H27F6NO2/c1-12(28)14-5-6-18(3,27(4)10-14)11-29-13(2)15-7-16(19(21,22)23)9-17(8-15)20(24,25)26/h7-9,12-14,28H,5-6,10-11H2,1-4H3/t12?,13-,14?,18-/m1/s1. The predicted octanol–water partition coefficient (Wildman–Crippen LogP) is 5.28. The zero-order valence-electron chi connectivity index (χ0n) is 16.9. The molecular formula is C20H27F6NO2. The number of alkyl halides is 6. The van der Waals surface area contributed by atoms with Crippen LogP contribution < -0.4 is 0 Å². The highest BCUT2D eigenvalue weighted by molar-refractivity contribution is 5.34. The van der Waals surface area contributed by atoms with Crippen molar-refractivity contribution in [1.29, 1.82) is 0 Å². The van der Waals surface area contributed by atoms with Crippen LogP contribution in [0.2, 0.25) is 0 Å².